The zero-order valence-electron chi connectivity index (χ0n) is 17.2. The van der Waals surface area contributed by atoms with Crippen molar-refractivity contribution in [3.8, 4) is 0 Å². The zero-order chi connectivity index (χ0) is 20.4. The van der Waals surface area contributed by atoms with E-state index in [1.165, 1.54) is 0 Å². The summed E-state index contributed by atoms with van der Waals surface area (Å²) < 4.78 is 0. The SMILES string of the molecule is CC(C)C1CNC(=O)N1c1ccnc(Nc2ccc(N3CCN(C)CC3)cn2)n1. The normalized spacial score (nSPS) is 20.3. The van der Waals surface area contributed by atoms with E-state index in [-0.39, 0.29) is 12.1 Å². The molecule has 1 unspecified atom stereocenters. The molecule has 0 spiro atoms. The second-order valence-electron chi connectivity index (χ2n) is 7.92. The Kier molecular flexibility index (Phi) is 5.48. The quantitative estimate of drug-likeness (QED) is 0.798. The molecule has 0 bridgehead atoms. The van der Waals surface area contributed by atoms with Crippen LogP contribution in [0.3, 0.4) is 0 Å². The molecule has 9 heteroatoms. The number of anilines is 4. The van der Waals surface area contributed by atoms with Gasteiger partial charge in [0, 0.05) is 38.9 Å². The molecule has 2 fully saturated rings. The van der Waals surface area contributed by atoms with Crippen LogP contribution in [-0.2, 0) is 0 Å². The Morgan fingerprint density at radius 3 is 2.62 bits per heavy atom. The van der Waals surface area contributed by atoms with Gasteiger partial charge in [-0.1, -0.05) is 13.8 Å². The number of carbonyl (C=O) groups is 1. The van der Waals surface area contributed by atoms with Gasteiger partial charge in [0.05, 0.1) is 17.9 Å². The molecular weight excluding hydrogens is 368 g/mol. The lowest BCUT2D eigenvalue weighted by molar-refractivity contribution is 0.251. The average molecular weight is 396 g/mol. The largest absolute Gasteiger partial charge is 0.368 e. The Bertz CT molecular complexity index is 848. The lowest BCUT2D eigenvalue weighted by Crippen LogP contribution is -2.44. The lowest BCUT2D eigenvalue weighted by Gasteiger charge is -2.33. The van der Waals surface area contributed by atoms with Crippen molar-refractivity contribution in [3.05, 3.63) is 30.6 Å². The monoisotopic (exact) mass is 396 g/mol. The lowest BCUT2D eigenvalue weighted by atomic mass is 10.0. The van der Waals surface area contributed by atoms with Crippen molar-refractivity contribution in [1.82, 2.24) is 25.2 Å². The molecule has 2 aliphatic heterocycles. The van der Waals surface area contributed by atoms with Crippen LogP contribution >= 0.6 is 0 Å². The average Bonchev–Trinajstić information content (AvgIpc) is 3.11. The number of hydrogen-bond acceptors (Lipinski definition) is 7. The Labute approximate surface area is 171 Å². The van der Waals surface area contributed by atoms with Crippen LogP contribution in [0.4, 0.5) is 28.1 Å². The summed E-state index contributed by atoms with van der Waals surface area (Å²) in [5.41, 5.74) is 1.12. The van der Waals surface area contributed by atoms with Gasteiger partial charge < -0.3 is 20.4 Å². The van der Waals surface area contributed by atoms with Gasteiger partial charge in [-0.15, -0.1) is 0 Å². The third-order valence-electron chi connectivity index (χ3n) is 5.53. The number of piperazine rings is 1. The predicted molar refractivity (Wildman–Crippen MR) is 114 cm³/mol. The first-order chi connectivity index (χ1) is 14.0. The van der Waals surface area contributed by atoms with Gasteiger partial charge in [-0.05, 0) is 31.2 Å². The minimum atomic E-state index is -0.122. The van der Waals surface area contributed by atoms with E-state index < -0.39 is 0 Å². The molecule has 2 aromatic rings. The number of rotatable bonds is 5. The van der Waals surface area contributed by atoms with Crippen LogP contribution in [0.1, 0.15) is 13.8 Å². The summed E-state index contributed by atoms with van der Waals surface area (Å²) in [5.74, 6) is 2.00. The second kappa shape index (κ2) is 8.20. The van der Waals surface area contributed by atoms with Gasteiger partial charge in [0.15, 0.2) is 0 Å². The van der Waals surface area contributed by atoms with Crippen molar-refractivity contribution >= 4 is 29.3 Å². The van der Waals surface area contributed by atoms with Crippen LogP contribution in [0.5, 0.6) is 0 Å². The maximum atomic E-state index is 12.3. The molecule has 2 amide bonds. The van der Waals surface area contributed by atoms with Gasteiger partial charge in [0.1, 0.15) is 11.6 Å². The van der Waals surface area contributed by atoms with E-state index in [0.717, 1.165) is 31.9 Å². The fourth-order valence-corrected chi connectivity index (χ4v) is 3.70. The van der Waals surface area contributed by atoms with E-state index in [1.807, 2.05) is 12.3 Å². The molecule has 0 radical (unpaired) electrons. The molecule has 4 heterocycles. The molecule has 29 heavy (non-hydrogen) atoms. The van der Waals surface area contributed by atoms with Crippen molar-refractivity contribution in [3.63, 3.8) is 0 Å². The Balaban J connectivity index is 1.46. The van der Waals surface area contributed by atoms with Crippen molar-refractivity contribution in [2.45, 2.75) is 19.9 Å². The van der Waals surface area contributed by atoms with Crippen molar-refractivity contribution in [2.24, 2.45) is 5.92 Å². The number of aromatic nitrogens is 3. The van der Waals surface area contributed by atoms with Gasteiger partial charge in [-0.2, -0.15) is 4.98 Å². The van der Waals surface area contributed by atoms with Crippen LogP contribution in [0, 0.1) is 5.92 Å². The third-order valence-corrected chi connectivity index (χ3v) is 5.53. The molecule has 0 aromatic carbocycles. The minimum absolute atomic E-state index is 0.0752. The first-order valence-electron chi connectivity index (χ1n) is 10.1. The molecule has 9 nitrogen and oxygen atoms in total. The summed E-state index contributed by atoms with van der Waals surface area (Å²) in [7, 11) is 2.14. The van der Waals surface area contributed by atoms with E-state index in [9.17, 15) is 4.79 Å². The van der Waals surface area contributed by atoms with Crippen LogP contribution in [-0.4, -0.2) is 71.7 Å². The number of amides is 2. The number of urea groups is 1. The summed E-state index contributed by atoms with van der Waals surface area (Å²) in [6.45, 7) is 8.95. The van der Waals surface area contributed by atoms with Gasteiger partial charge in [0.25, 0.3) is 0 Å². The summed E-state index contributed by atoms with van der Waals surface area (Å²) in [6.07, 6.45) is 3.53. The smallest absolute Gasteiger partial charge is 0.323 e. The summed E-state index contributed by atoms with van der Waals surface area (Å²) in [4.78, 5) is 32.0. The first-order valence-corrected chi connectivity index (χ1v) is 10.1. The van der Waals surface area contributed by atoms with Crippen LogP contribution in [0.2, 0.25) is 0 Å². The molecule has 1 atom stereocenters. The highest BCUT2D eigenvalue weighted by molar-refractivity contribution is 5.94. The fourth-order valence-electron chi connectivity index (χ4n) is 3.70. The number of pyridine rings is 1. The van der Waals surface area contributed by atoms with Gasteiger partial charge in [0.2, 0.25) is 5.95 Å². The van der Waals surface area contributed by atoms with Crippen LogP contribution in [0.15, 0.2) is 30.6 Å². The summed E-state index contributed by atoms with van der Waals surface area (Å²) in [6, 6.07) is 5.71. The molecule has 2 saturated heterocycles. The van der Waals surface area contributed by atoms with E-state index in [1.54, 1.807) is 17.2 Å². The number of nitrogens with zero attached hydrogens (tertiary/aromatic N) is 6. The highest BCUT2D eigenvalue weighted by Crippen LogP contribution is 2.24. The maximum absolute atomic E-state index is 12.3. The molecule has 4 rings (SSSR count). The van der Waals surface area contributed by atoms with E-state index in [2.05, 4.69) is 62.3 Å². The van der Waals surface area contributed by atoms with E-state index in [0.29, 0.717) is 30.0 Å². The standard InChI is InChI=1S/C20H28N8O/c1-14(2)16-13-23-20(29)28(16)18-6-7-21-19(25-18)24-17-5-4-15(12-22-17)27-10-8-26(3)9-11-27/h4-7,12,14,16H,8-11,13H2,1-3H3,(H,23,29)(H,21,22,24,25). The topological polar surface area (TPSA) is 89.5 Å². The maximum Gasteiger partial charge on any atom is 0.323 e. The van der Waals surface area contributed by atoms with E-state index >= 15 is 0 Å². The number of likely N-dealkylation sites (N-methyl/N-ethyl adjacent to an activating group) is 1. The molecule has 154 valence electrons. The predicted octanol–water partition coefficient (Wildman–Crippen LogP) is 1.92. The van der Waals surface area contributed by atoms with Gasteiger partial charge in [-0.25, -0.2) is 14.8 Å². The van der Waals surface area contributed by atoms with Crippen molar-refractivity contribution in [1.29, 1.82) is 0 Å². The minimum Gasteiger partial charge on any atom is -0.368 e. The fraction of sp³-hybridized carbons (Fsp3) is 0.500. The number of hydrogen-bond donors (Lipinski definition) is 2. The molecule has 2 aliphatic rings. The summed E-state index contributed by atoms with van der Waals surface area (Å²) in [5, 5.41) is 6.04. The Hall–Kier alpha value is -2.94. The van der Waals surface area contributed by atoms with Gasteiger partial charge >= 0.3 is 6.03 Å². The van der Waals surface area contributed by atoms with Crippen molar-refractivity contribution in [2.75, 3.05) is 54.9 Å². The van der Waals surface area contributed by atoms with Crippen LogP contribution in [0.25, 0.3) is 0 Å². The Morgan fingerprint density at radius 2 is 1.93 bits per heavy atom. The highest BCUT2D eigenvalue weighted by atomic mass is 16.2. The second-order valence-corrected chi connectivity index (χ2v) is 7.92. The van der Waals surface area contributed by atoms with Crippen LogP contribution < -0.4 is 20.4 Å². The third kappa shape index (κ3) is 4.24. The molecule has 0 aliphatic carbocycles. The summed E-state index contributed by atoms with van der Waals surface area (Å²) >= 11 is 0. The zero-order valence-corrected chi connectivity index (χ0v) is 17.2. The molecule has 2 N–H and O–H groups in total. The molecular formula is C20H28N8O. The van der Waals surface area contributed by atoms with Gasteiger partial charge in [-0.3, -0.25) is 4.90 Å². The van der Waals surface area contributed by atoms with E-state index in [4.69, 9.17) is 0 Å². The Morgan fingerprint density at radius 1 is 1.14 bits per heavy atom. The molecule has 2 aromatic heterocycles. The molecule has 0 saturated carbocycles. The first kappa shape index (κ1) is 19.4. The highest BCUT2D eigenvalue weighted by Gasteiger charge is 2.34. The van der Waals surface area contributed by atoms with Crippen molar-refractivity contribution < 1.29 is 4.79 Å². The number of nitrogens with one attached hydrogen (secondary N) is 2. The number of carbonyl (C=O) groups excluding carboxylic acids is 1.